The third-order valence-electron chi connectivity index (χ3n) is 1.48. The number of phenolic OH excluding ortho intramolecular Hbond substituents is 1. The molecule has 3 nitrogen and oxygen atoms in total. The molecular weight excluding hydrogens is 156 g/mol. The summed E-state index contributed by atoms with van der Waals surface area (Å²) in [5.41, 5.74) is 0.238. The Morgan fingerprint density at radius 1 is 1.17 bits per heavy atom. The second-order valence-electron chi connectivity index (χ2n) is 2.23. The molecule has 2 radical (unpaired) electrons. The molecular formula is C9H6O3. The first-order valence-electron chi connectivity index (χ1n) is 3.33. The van der Waals surface area contributed by atoms with E-state index in [4.69, 9.17) is 0 Å². The van der Waals surface area contributed by atoms with Crippen LogP contribution >= 0.6 is 0 Å². The highest BCUT2D eigenvalue weighted by Gasteiger charge is 2.14. The lowest BCUT2D eigenvalue weighted by Gasteiger charge is -2.02. The number of carbonyl (C=O) groups excluding carboxylic acids is 2. The van der Waals surface area contributed by atoms with E-state index < -0.39 is 5.92 Å². The second kappa shape index (κ2) is 3.67. The molecule has 1 aromatic carbocycles. The van der Waals surface area contributed by atoms with Gasteiger partial charge in [0.15, 0.2) is 0 Å². The molecule has 0 unspecified atom stereocenters. The van der Waals surface area contributed by atoms with E-state index in [0.717, 1.165) is 0 Å². The SMILES string of the molecule is O=[C]C([C]=O)c1ccccc1O. The maximum atomic E-state index is 10.2. The van der Waals surface area contributed by atoms with Crippen LogP contribution in [-0.4, -0.2) is 17.7 Å². The first-order chi connectivity index (χ1) is 5.79. The van der Waals surface area contributed by atoms with Crippen LogP contribution in [0.1, 0.15) is 11.5 Å². The fourth-order valence-electron chi connectivity index (χ4n) is 0.883. The van der Waals surface area contributed by atoms with Crippen LogP contribution in [0.15, 0.2) is 24.3 Å². The van der Waals surface area contributed by atoms with Crippen molar-refractivity contribution in [3.8, 4) is 5.75 Å². The van der Waals surface area contributed by atoms with Crippen LogP contribution in [0.4, 0.5) is 0 Å². The minimum absolute atomic E-state index is 0.0887. The highest BCUT2D eigenvalue weighted by atomic mass is 16.3. The number of aromatic hydroxyl groups is 1. The normalized spacial score (nSPS) is 9.75. The van der Waals surface area contributed by atoms with Gasteiger partial charge in [-0.1, -0.05) is 18.2 Å². The highest BCUT2D eigenvalue weighted by molar-refractivity contribution is 5.86. The molecule has 0 amide bonds. The van der Waals surface area contributed by atoms with Crippen molar-refractivity contribution in [2.24, 2.45) is 0 Å². The lowest BCUT2D eigenvalue weighted by Crippen LogP contribution is -2.00. The molecule has 0 bridgehead atoms. The third kappa shape index (κ3) is 1.50. The summed E-state index contributed by atoms with van der Waals surface area (Å²) in [6, 6.07) is 6.11. The summed E-state index contributed by atoms with van der Waals surface area (Å²) >= 11 is 0. The molecule has 1 aromatic rings. The topological polar surface area (TPSA) is 54.4 Å². The summed E-state index contributed by atoms with van der Waals surface area (Å²) in [5, 5.41) is 9.19. The van der Waals surface area contributed by atoms with E-state index in [1.54, 1.807) is 12.1 Å². The molecule has 0 aliphatic carbocycles. The number of para-hydroxylation sites is 1. The number of rotatable bonds is 3. The van der Waals surface area contributed by atoms with Gasteiger partial charge in [0.25, 0.3) is 0 Å². The molecule has 60 valence electrons. The predicted octanol–water partition coefficient (Wildman–Crippen LogP) is 0.695. The van der Waals surface area contributed by atoms with Crippen LogP contribution in [0.2, 0.25) is 0 Å². The Bertz CT molecular complexity index is 286. The first-order valence-corrected chi connectivity index (χ1v) is 3.33. The molecule has 3 heteroatoms. The van der Waals surface area contributed by atoms with Gasteiger partial charge in [0.05, 0.1) is 0 Å². The molecule has 1 N–H and O–H groups in total. The van der Waals surface area contributed by atoms with Gasteiger partial charge >= 0.3 is 0 Å². The smallest absolute Gasteiger partial charge is 0.215 e. The molecule has 0 saturated heterocycles. The van der Waals surface area contributed by atoms with Crippen LogP contribution in [0, 0.1) is 0 Å². The Morgan fingerprint density at radius 2 is 1.75 bits per heavy atom. The maximum absolute atomic E-state index is 10.2. The van der Waals surface area contributed by atoms with E-state index >= 15 is 0 Å². The molecule has 1 rings (SSSR count). The van der Waals surface area contributed by atoms with Gasteiger partial charge in [-0.3, -0.25) is 9.59 Å². The number of phenols is 1. The minimum atomic E-state index is -1.11. The second-order valence-corrected chi connectivity index (χ2v) is 2.23. The van der Waals surface area contributed by atoms with Crippen molar-refractivity contribution in [3.05, 3.63) is 29.8 Å². The Hall–Kier alpha value is -1.64. The standard InChI is InChI=1S/C9H6O3/c10-5-7(6-11)8-3-1-2-4-9(8)12/h1-4,7,12H. The highest BCUT2D eigenvalue weighted by Crippen LogP contribution is 2.22. The monoisotopic (exact) mass is 162 g/mol. The van der Waals surface area contributed by atoms with Crippen molar-refractivity contribution in [3.63, 3.8) is 0 Å². The van der Waals surface area contributed by atoms with Gasteiger partial charge in [-0.15, -0.1) is 0 Å². The molecule has 0 heterocycles. The van der Waals surface area contributed by atoms with E-state index in [9.17, 15) is 14.7 Å². The Balaban J connectivity index is 3.08. The van der Waals surface area contributed by atoms with E-state index in [1.807, 2.05) is 0 Å². The van der Waals surface area contributed by atoms with Crippen molar-refractivity contribution >= 4 is 12.6 Å². The molecule has 0 spiro atoms. The molecule has 0 saturated carbocycles. The molecule has 0 aliphatic heterocycles. The van der Waals surface area contributed by atoms with Gasteiger partial charge in [-0.05, 0) is 6.07 Å². The average Bonchev–Trinajstić information content (AvgIpc) is 2.10. The molecule has 0 fully saturated rings. The van der Waals surface area contributed by atoms with Crippen LogP contribution in [0.5, 0.6) is 5.75 Å². The predicted molar refractivity (Wildman–Crippen MR) is 42.2 cm³/mol. The molecule has 12 heavy (non-hydrogen) atoms. The van der Waals surface area contributed by atoms with Gasteiger partial charge in [-0.25, -0.2) is 0 Å². The van der Waals surface area contributed by atoms with E-state index in [0.29, 0.717) is 0 Å². The van der Waals surface area contributed by atoms with Crippen LogP contribution in [0.3, 0.4) is 0 Å². The summed E-state index contributed by atoms with van der Waals surface area (Å²) < 4.78 is 0. The average molecular weight is 162 g/mol. The summed E-state index contributed by atoms with van der Waals surface area (Å²) in [7, 11) is 0. The summed E-state index contributed by atoms with van der Waals surface area (Å²) in [5.74, 6) is -1.19. The van der Waals surface area contributed by atoms with E-state index in [2.05, 4.69) is 0 Å². The lowest BCUT2D eigenvalue weighted by atomic mass is 10.0. The van der Waals surface area contributed by atoms with Crippen molar-refractivity contribution in [2.45, 2.75) is 5.92 Å². The fraction of sp³-hybridized carbons (Fsp3) is 0.111. The van der Waals surface area contributed by atoms with E-state index in [1.165, 1.54) is 24.7 Å². The summed E-state index contributed by atoms with van der Waals surface area (Å²) in [6.07, 6.45) is 2.95. The van der Waals surface area contributed by atoms with Crippen molar-refractivity contribution < 1.29 is 14.7 Å². The van der Waals surface area contributed by atoms with Crippen LogP contribution in [0.25, 0.3) is 0 Å². The number of hydrogen-bond donors (Lipinski definition) is 1. The Kier molecular flexibility index (Phi) is 2.58. The third-order valence-corrected chi connectivity index (χ3v) is 1.48. The summed E-state index contributed by atoms with van der Waals surface area (Å²) in [4.78, 5) is 20.4. The van der Waals surface area contributed by atoms with Gasteiger partial charge in [-0.2, -0.15) is 0 Å². The zero-order valence-corrected chi connectivity index (χ0v) is 6.15. The largest absolute Gasteiger partial charge is 0.508 e. The van der Waals surface area contributed by atoms with Gasteiger partial charge in [0.2, 0.25) is 12.6 Å². The Labute approximate surface area is 69.6 Å². The quantitative estimate of drug-likeness (QED) is 0.665. The zero-order valence-electron chi connectivity index (χ0n) is 6.15. The van der Waals surface area contributed by atoms with Gasteiger partial charge < -0.3 is 5.11 Å². The Morgan fingerprint density at radius 3 is 2.25 bits per heavy atom. The zero-order chi connectivity index (χ0) is 8.97. The molecule has 0 aliphatic rings. The van der Waals surface area contributed by atoms with Crippen molar-refractivity contribution in [1.82, 2.24) is 0 Å². The fourth-order valence-corrected chi connectivity index (χ4v) is 0.883. The van der Waals surface area contributed by atoms with Gasteiger partial charge in [0.1, 0.15) is 11.7 Å². The maximum Gasteiger partial charge on any atom is 0.215 e. The van der Waals surface area contributed by atoms with E-state index in [-0.39, 0.29) is 11.3 Å². The van der Waals surface area contributed by atoms with Crippen molar-refractivity contribution in [2.75, 3.05) is 0 Å². The lowest BCUT2D eigenvalue weighted by molar-refractivity contribution is 0.466. The van der Waals surface area contributed by atoms with Crippen LogP contribution < -0.4 is 0 Å². The first kappa shape index (κ1) is 8.46. The number of benzene rings is 1. The number of hydrogen-bond acceptors (Lipinski definition) is 3. The van der Waals surface area contributed by atoms with Crippen molar-refractivity contribution in [1.29, 1.82) is 0 Å². The summed E-state index contributed by atoms with van der Waals surface area (Å²) in [6.45, 7) is 0. The minimum Gasteiger partial charge on any atom is -0.508 e. The van der Waals surface area contributed by atoms with Gasteiger partial charge in [0, 0.05) is 5.56 Å². The molecule has 0 atom stereocenters. The van der Waals surface area contributed by atoms with Crippen LogP contribution in [-0.2, 0) is 9.59 Å². The molecule has 0 aromatic heterocycles.